The van der Waals surface area contributed by atoms with Crippen molar-refractivity contribution < 1.29 is 63.0 Å². The Morgan fingerprint density at radius 3 is 1.87 bits per heavy atom. The van der Waals surface area contributed by atoms with E-state index in [1.165, 1.54) is 50.0 Å². The number of nitrogens with one attached hydrogen (secondary N) is 10. The SMILES string of the molecule is CC(C)CC(NC(=O)C(Cc1ccc(O)cc1)NC(=O)C(Cc1cnc[nH]1)NC(=O)C(CCCN=C(N)N)NC(=O)Cn1cnc2ccc(N3CCN(C(=O)CCCCCN)CC3)cc2c1=O)C(=O)NC(CC(N)=O)C(=O)NC(Cc1c[nH]c2ccccc12)C(=O)NC(C(=O)NC(C(N)=O)C(C)O)C(C)C. The molecule has 35 nitrogen and oxygen atoms in total. The van der Waals surface area contributed by atoms with Gasteiger partial charge in [-0.15, -0.1) is 0 Å². The third-order valence-corrected chi connectivity index (χ3v) is 17.9. The van der Waals surface area contributed by atoms with Gasteiger partial charge in [-0.2, -0.15) is 0 Å². The van der Waals surface area contributed by atoms with E-state index in [4.69, 9.17) is 28.7 Å². The number of hydrogen-bond donors (Lipinski definition) is 17. The summed E-state index contributed by atoms with van der Waals surface area (Å²) in [6, 6.07) is 5.60. The van der Waals surface area contributed by atoms with Crippen molar-refractivity contribution in [1.29, 1.82) is 0 Å². The lowest BCUT2D eigenvalue weighted by Crippen LogP contribution is -2.62. The quantitative estimate of drug-likeness (QED) is 0.0108. The molecule has 9 atom stereocenters. The second-order valence-corrected chi connectivity index (χ2v) is 27.1. The Balaban J connectivity index is 1.11. The minimum Gasteiger partial charge on any atom is -0.508 e. The van der Waals surface area contributed by atoms with Gasteiger partial charge in [0.25, 0.3) is 5.56 Å². The maximum atomic E-state index is 15.0. The van der Waals surface area contributed by atoms with Gasteiger partial charge in [0.15, 0.2) is 5.96 Å². The number of carbonyl (C=O) groups is 11. The molecule has 11 amide bonds. The Morgan fingerprint density at radius 1 is 0.632 bits per heavy atom. The number of nitrogens with two attached hydrogens (primary N) is 5. The Hall–Kier alpha value is -11.5. The van der Waals surface area contributed by atoms with Gasteiger partial charge in [-0.3, -0.25) is 67.1 Å². The van der Waals surface area contributed by atoms with Crippen LogP contribution in [0.2, 0.25) is 0 Å². The summed E-state index contributed by atoms with van der Waals surface area (Å²) in [7, 11) is 0. The first kappa shape index (κ1) is 81.8. The van der Waals surface area contributed by atoms with Crippen LogP contribution in [-0.2, 0) is 78.5 Å². The zero-order valence-electron chi connectivity index (χ0n) is 60.1. The Bertz CT molecular complexity index is 4130. The topological polar surface area (TPSA) is 553 Å². The van der Waals surface area contributed by atoms with E-state index in [1.807, 2.05) is 11.0 Å². The summed E-state index contributed by atoms with van der Waals surface area (Å²) in [4.78, 5) is 191. The first-order valence-electron chi connectivity index (χ1n) is 35.2. The molecule has 0 radical (unpaired) electrons. The van der Waals surface area contributed by atoms with Crippen molar-refractivity contribution in [1.82, 2.24) is 71.9 Å². The lowest BCUT2D eigenvalue weighted by atomic mass is 9.99. The van der Waals surface area contributed by atoms with Crippen LogP contribution in [0.3, 0.4) is 0 Å². The number of aliphatic imine (C=N–C) groups is 1. The molecule has 0 aliphatic carbocycles. The highest BCUT2D eigenvalue weighted by atomic mass is 16.3. The van der Waals surface area contributed by atoms with Gasteiger partial charge >= 0.3 is 0 Å². The van der Waals surface area contributed by atoms with Crippen molar-refractivity contribution >= 4 is 98.4 Å². The van der Waals surface area contributed by atoms with Gasteiger partial charge in [-0.1, -0.05) is 64.4 Å². The van der Waals surface area contributed by atoms with Crippen LogP contribution in [0, 0.1) is 11.8 Å². The van der Waals surface area contributed by atoms with E-state index >= 15 is 0 Å². The number of para-hydroxylation sites is 1. The number of nitrogens with zero attached hydrogens (tertiary/aromatic N) is 6. The van der Waals surface area contributed by atoms with Gasteiger partial charge < -0.3 is 101 Å². The second-order valence-electron chi connectivity index (χ2n) is 27.1. The zero-order chi connectivity index (χ0) is 77.3. The molecular formula is C71H99N21O14. The summed E-state index contributed by atoms with van der Waals surface area (Å²) in [5.41, 5.74) is 30.4. The number of carbonyl (C=O) groups excluding carboxylic acids is 11. The molecule has 7 rings (SSSR count). The average Bonchev–Trinajstić information content (AvgIpc) is 1.12. The number of piperazine rings is 1. The number of phenols is 1. The van der Waals surface area contributed by atoms with Crippen molar-refractivity contribution in [3.63, 3.8) is 0 Å². The number of aliphatic hydroxyl groups excluding tert-OH is 1. The number of phenolic OH excluding ortho intramolecular Hbond substituents is 1. The number of anilines is 1. The largest absolute Gasteiger partial charge is 0.508 e. The van der Waals surface area contributed by atoms with Crippen molar-refractivity contribution in [3.05, 3.63) is 119 Å². The third kappa shape index (κ3) is 24.3. The number of imidazole rings is 1. The third-order valence-electron chi connectivity index (χ3n) is 17.9. The van der Waals surface area contributed by atoms with Crippen LogP contribution in [0.5, 0.6) is 5.75 Å². The molecule has 106 heavy (non-hydrogen) atoms. The first-order chi connectivity index (χ1) is 50.5. The fraction of sp³-hybridized carbons (Fsp3) is 0.479. The Labute approximate surface area is 611 Å². The normalized spacial score (nSPS) is 14.8. The molecule has 35 heteroatoms. The number of unbranched alkanes of at least 4 members (excludes halogenated alkanes) is 2. The predicted molar refractivity (Wildman–Crippen MR) is 393 cm³/mol. The minimum absolute atomic E-state index is 0.0170. The molecule has 1 aliphatic heterocycles. The molecule has 4 heterocycles. The van der Waals surface area contributed by atoms with Gasteiger partial charge in [-0.05, 0) is 105 Å². The van der Waals surface area contributed by atoms with Crippen LogP contribution in [0.15, 0.2) is 102 Å². The van der Waals surface area contributed by atoms with E-state index < -0.39 is 138 Å². The van der Waals surface area contributed by atoms with Crippen LogP contribution in [-0.4, -0.2) is 204 Å². The van der Waals surface area contributed by atoms with E-state index in [9.17, 15) is 67.7 Å². The fourth-order valence-electron chi connectivity index (χ4n) is 12.2. The number of guanidine groups is 1. The number of amides is 11. The van der Waals surface area contributed by atoms with Gasteiger partial charge in [0.05, 0.1) is 36.1 Å². The number of aromatic nitrogens is 5. The number of hydrogen-bond acceptors (Lipinski definition) is 19. The second kappa shape index (κ2) is 39.4. The lowest BCUT2D eigenvalue weighted by molar-refractivity contribution is -0.137. The van der Waals surface area contributed by atoms with Gasteiger partial charge in [0.1, 0.15) is 60.6 Å². The van der Waals surface area contributed by atoms with Crippen LogP contribution < -0.4 is 81.7 Å². The van der Waals surface area contributed by atoms with Crippen LogP contribution in [0.25, 0.3) is 21.8 Å². The maximum absolute atomic E-state index is 15.0. The molecule has 1 aliphatic rings. The van der Waals surface area contributed by atoms with Crippen LogP contribution in [0.1, 0.15) is 103 Å². The summed E-state index contributed by atoms with van der Waals surface area (Å²) in [6.45, 7) is 9.89. The number of aromatic hydroxyl groups is 1. The number of aliphatic hydroxyl groups is 1. The Morgan fingerprint density at radius 2 is 1.25 bits per heavy atom. The molecule has 0 bridgehead atoms. The number of fused-ring (bicyclic) bond motifs is 2. The van der Waals surface area contributed by atoms with Gasteiger partial charge in [0.2, 0.25) is 65.0 Å². The summed E-state index contributed by atoms with van der Waals surface area (Å²) in [5.74, 6) is -10.9. The number of benzene rings is 3. The highest BCUT2D eigenvalue weighted by Crippen LogP contribution is 2.23. The van der Waals surface area contributed by atoms with Gasteiger partial charge in [-0.25, -0.2) is 9.97 Å². The molecule has 3 aromatic carbocycles. The molecule has 1 fully saturated rings. The van der Waals surface area contributed by atoms with Crippen molar-refractivity contribution in [2.75, 3.05) is 44.2 Å². The maximum Gasteiger partial charge on any atom is 0.261 e. The van der Waals surface area contributed by atoms with Crippen LogP contribution >= 0.6 is 0 Å². The number of primary amides is 2. The van der Waals surface area contributed by atoms with Gasteiger partial charge in [0, 0.05) is 93.1 Å². The van der Waals surface area contributed by atoms with E-state index in [-0.39, 0.29) is 74.0 Å². The molecule has 22 N–H and O–H groups in total. The average molecular weight is 1470 g/mol. The van der Waals surface area contributed by atoms with Crippen molar-refractivity contribution in [2.24, 2.45) is 45.5 Å². The smallest absolute Gasteiger partial charge is 0.261 e. The first-order valence-corrected chi connectivity index (χ1v) is 35.2. The molecule has 1 saturated heterocycles. The standard InChI is InChI=1S/C71H99N21O14/c1-39(2)28-52(64(100)87-56(33-57(73)95)67(103)85-54(30-43-34-79-49-13-9-8-12-47(43)49)68(104)88-60(40(3)4)69(105)89-61(41(5)93)62(74)98)83-65(101)53(29-42-16-19-46(94)20-17-42)84-66(102)55(31-44-35-77-37-80-44)86-63(99)51(14-11-23-78-71(75)76)82-58(96)36-92-38-81-50-21-18-45(32-48(50)70(92)106)90-24-26-91(27-25-90)59(97)15-7-6-10-22-72/h8-9,12-13,16-21,32,34-35,37-41,51-56,60-61,79,93-94H,6-7,10-11,14-15,22-31,33,36,72H2,1-5H3,(H2,73,95)(H2,74,98)(H,77,80)(H,82,96)(H,83,101)(H,84,102)(H,85,103)(H,86,99)(H,87,100)(H,88,104)(H,89,105)(H4,75,76,78). The summed E-state index contributed by atoms with van der Waals surface area (Å²) < 4.78 is 1.09. The molecule has 0 spiro atoms. The monoisotopic (exact) mass is 1470 g/mol. The molecule has 9 unspecified atom stereocenters. The fourth-order valence-corrected chi connectivity index (χ4v) is 12.2. The highest BCUT2D eigenvalue weighted by molar-refractivity contribution is 6.00. The Kier molecular flexibility index (Phi) is 30.4. The molecule has 0 saturated carbocycles. The summed E-state index contributed by atoms with van der Waals surface area (Å²) in [5, 5.41) is 42.2. The van der Waals surface area contributed by atoms with E-state index in [0.29, 0.717) is 78.1 Å². The number of H-pyrrole nitrogens is 2. The minimum atomic E-state index is -1.81. The predicted octanol–water partition coefficient (Wildman–Crippen LogP) is -2.42. The number of rotatable bonds is 40. The zero-order valence-corrected chi connectivity index (χ0v) is 60.1. The van der Waals surface area contributed by atoms with E-state index in [2.05, 4.69) is 72.4 Å². The van der Waals surface area contributed by atoms with Crippen molar-refractivity contribution in [2.45, 2.75) is 166 Å². The summed E-state index contributed by atoms with van der Waals surface area (Å²) in [6.07, 6.45) is 5.34. The van der Waals surface area contributed by atoms with E-state index in [0.717, 1.165) is 23.8 Å². The summed E-state index contributed by atoms with van der Waals surface area (Å²) >= 11 is 0. The molecule has 572 valence electrons. The number of aromatic amines is 2. The lowest BCUT2D eigenvalue weighted by Gasteiger charge is -2.36. The molecule has 6 aromatic rings. The molecular weight excluding hydrogens is 1370 g/mol. The highest BCUT2D eigenvalue weighted by Gasteiger charge is 2.38. The molecule has 3 aromatic heterocycles. The van der Waals surface area contributed by atoms with Crippen LogP contribution in [0.4, 0.5) is 5.69 Å². The van der Waals surface area contributed by atoms with E-state index in [1.54, 1.807) is 70.3 Å². The van der Waals surface area contributed by atoms with Crippen molar-refractivity contribution in [3.8, 4) is 5.75 Å².